The van der Waals surface area contributed by atoms with Crippen LogP contribution in [-0.4, -0.2) is 10.7 Å². The van der Waals surface area contributed by atoms with Crippen LogP contribution >= 0.6 is 0 Å². The molecule has 0 saturated heterocycles. The maximum Gasteiger partial charge on any atom is 0.141 e. The van der Waals surface area contributed by atoms with E-state index in [4.69, 9.17) is 0 Å². The van der Waals surface area contributed by atoms with Crippen LogP contribution in [0, 0.1) is 30.4 Å². The largest absolute Gasteiger partial charge is 0.378 e. The quantitative estimate of drug-likeness (QED) is 0.652. The Bertz CT molecular complexity index is 433. The molecule has 3 heteroatoms. The smallest absolute Gasteiger partial charge is 0.141 e. The first-order valence-corrected chi connectivity index (χ1v) is 4.51. The van der Waals surface area contributed by atoms with Gasteiger partial charge in [-0.15, -0.1) is 0 Å². The van der Waals surface area contributed by atoms with Crippen LogP contribution in [0.15, 0.2) is 12.1 Å². The molecule has 0 amide bonds. The van der Waals surface area contributed by atoms with Crippen molar-refractivity contribution in [1.29, 1.82) is 0 Å². The molecule has 0 bridgehead atoms. The minimum atomic E-state index is -1.19. The van der Waals surface area contributed by atoms with Gasteiger partial charge >= 0.3 is 0 Å². The van der Waals surface area contributed by atoms with Crippen molar-refractivity contribution in [2.75, 3.05) is 0 Å². The summed E-state index contributed by atoms with van der Waals surface area (Å²) in [6.07, 6.45) is 0. The molecule has 0 aromatic heterocycles. The van der Waals surface area contributed by atoms with E-state index < -0.39 is 17.2 Å². The molecule has 1 nitrogen and oxygen atoms in total. The lowest BCUT2D eigenvalue weighted by molar-refractivity contribution is 0.143. The van der Waals surface area contributed by atoms with Gasteiger partial charge in [-0.05, 0) is 32.4 Å². The Labute approximate surface area is 87.7 Å². The average molecular weight is 210 g/mol. The van der Waals surface area contributed by atoms with E-state index in [-0.39, 0.29) is 5.56 Å². The molecule has 15 heavy (non-hydrogen) atoms. The molecule has 1 N–H and O–H groups in total. The summed E-state index contributed by atoms with van der Waals surface area (Å²) in [5.41, 5.74) is -0.762. The molecule has 0 spiro atoms. The lowest BCUT2D eigenvalue weighted by Gasteiger charge is -2.06. The van der Waals surface area contributed by atoms with Gasteiger partial charge in [0.15, 0.2) is 0 Å². The highest BCUT2D eigenvalue weighted by molar-refractivity contribution is 5.39. The van der Waals surface area contributed by atoms with E-state index in [1.54, 1.807) is 0 Å². The van der Waals surface area contributed by atoms with Crippen LogP contribution in [-0.2, 0) is 0 Å². The molecule has 0 aliphatic heterocycles. The average Bonchev–Trinajstić information content (AvgIpc) is 2.07. The maximum absolute atomic E-state index is 13.2. The maximum atomic E-state index is 13.2. The highest BCUT2D eigenvalue weighted by Gasteiger charge is 2.08. The normalized spacial score (nSPS) is 10.8. The van der Waals surface area contributed by atoms with Gasteiger partial charge in [0.05, 0.1) is 5.56 Å². The van der Waals surface area contributed by atoms with Crippen molar-refractivity contribution in [2.45, 2.75) is 26.4 Å². The van der Waals surface area contributed by atoms with Crippen molar-refractivity contribution in [3.05, 3.63) is 34.9 Å². The molecular weight excluding hydrogens is 198 g/mol. The Hall–Kier alpha value is -1.40. The molecular formula is C12H12F2O. The third-order valence-electron chi connectivity index (χ3n) is 1.75. The predicted octanol–water partition coefficient (Wildman–Crippen LogP) is 2.40. The monoisotopic (exact) mass is 210 g/mol. The zero-order valence-electron chi connectivity index (χ0n) is 8.86. The second kappa shape index (κ2) is 4.00. The van der Waals surface area contributed by atoms with E-state index in [1.807, 2.05) is 0 Å². The van der Waals surface area contributed by atoms with E-state index in [9.17, 15) is 13.9 Å². The van der Waals surface area contributed by atoms with Crippen LogP contribution in [0.3, 0.4) is 0 Å². The van der Waals surface area contributed by atoms with Crippen molar-refractivity contribution >= 4 is 0 Å². The summed E-state index contributed by atoms with van der Waals surface area (Å²) in [5.74, 6) is 3.64. The van der Waals surface area contributed by atoms with Gasteiger partial charge in [0.1, 0.15) is 17.2 Å². The van der Waals surface area contributed by atoms with E-state index in [0.29, 0.717) is 5.56 Å². The molecule has 0 fully saturated rings. The molecule has 0 aliphatic rings. The summed E-state index contributed by atoms with van der Waals surface area (Å²) >= 11 is 0. The van der Waals surface area contributed by atoms with Gasteiger partial charge in [0.2, 0.25) is 0 Å². The van der Waals surface area contributed by atoms with Crippen LogP contribution in [0.25, 0.3) is 0 Å². The number of rotatable bonds is 0. The summed E-state index contributed by atoms with van der Waals surface area (Å²) in [4.78, 5) is 0. The number of aryl methyl sites for hydroxylation is 1. The highest BCUT2D eigenvalue weighted by Crippen LogP contribution is 2.13. The second-order valence-corrected chi connectivity index (χ2v) is 3.89. The minimum Gasteiger partial charge on any atom is -0.378 e. The number of hydrogen-bond acceptors (Lipinski definition) is 1. The second-order valence-electron chi connectivity index (χ2n) is 3.89. The Morgan fingerprint density at radius 1 is 1.20 bits per heavy atom. The summed E-state index contributed by atoms with van der Waals surface area (Å²) < 4.78 is 26.1. The summed E-state index contributed by atoms with van der Waals surface area (Å²) in [6.45, 7) is 4.52. The Morgan fingerprint density at radius 2 is 1.80 bits per heavy atom. The number of aliphatic hydroxyl groups is 1. The molecule has 0 aliphatic carbocycles. The number of hydrogen-bond donors (Lipinski definition) is 1. The SMILES string of the molecule is Cc1cc(C#CC(C)(C)O)c(F)cc1F. The molecule has 0 saturated carbocycles. The molecule has 0 unspecified atom stereocenters. The van der Waals surface area contributed by atoms with Crippen molar-refractivity contribution in [1.82, 2.24) is 0 Å². The van der Waals surface area contributed by atoms with Crippen molar-refractivity contribution in [3.8, 4) is 11.8 Å². The van der Waals surface area contributed by atoms with Gasteiger partial charge in [-0.1, -0.05) is 11.8 Å². The van der Waals surface area contributed by atoms with Gasteiger partial charge in [-0.25, -0.2) is 8.78 Å². The van der Waals surface area contributed by atoms with Gasteiger partial charge in [-0.3, -0.25) is 0 Å². The third-order valence-corrected chi connectivity index (χ3v) is 1.75. The van der Waals surface area contributed by atoms with Gasteiger partial charge in [-0.2, -0.15) is 0 Å². The Kier molecular flexibility index (Phi) is 3.11. The van der Waals surface area contributed by atoms with Crippen LogP contribution in [0.4, 0.5) is 8.78 Å². The Morgan fingerprint density at radius 3 is 2.33 bits per heavy atom. The zero-order valence-corrected chi connectivity index (χ0v) is 8.86. The Balaban J connectivity index is 3.15. The molecule has 0 atom stereocenters. The predicted molar refractivity (Wildman–Crippen MR) is 54.3 cm³/mol. The van der Waals surface area contributed by atoms with E-state index >= 15 is 0 Å². The van der Waals surface area contributed by atoms with Gasteiger partial charge in [0, 0.05) is 6.07 Å². The van der Waals surface area contributed by atoms with Crippen LogP contribution < -0.4 is 0 Å². The first kappa shape index (κ1) is 11.7. The summed E-state index contributed by atoms with van der Waals surface area (Å²) in [6, 6.07) is 2.12. The first-order valence-electron chi connectivity index (χ1n) is 4.51. The highest BCUT2D eigenvalue weighted by atomic mass is 19.1. The van der Waals surface area contributed by atoms with Crippen molar-refractivity contribution in [2.24, 2.45) is 0 Å². The van der Waals surface area contributed by atoms with E-state index in [1.165, 1.54) is 26.8 Å². The van der Waals surface area contributed by atoms with Gasteiger partial charge in [0.25, 0.3) is 0 Å². The molecule has 80 valence electrons. The number of halogens is 2. The molecule has 1 aromatic rings. The van der Waals surface area contributed by atoms with Crippen molar-refractivity contribution in [3.63, 3.8) is 0 Å². The standard InChI is InChI=1S/C12H12F2O/c1-8-6-9(4-5-12(2,3)15)11(14)7-10(8)13/h6-7,15H,1-3H3. The van der Waals surface area contributed by atoms with E-state index in [2.05, 4.69) is 11.8 Å². The fraction of sp³-hybridized carbons (Fsp3) is 0.333. The number of benzene rings is 1. The van der Waals surface area contributed by atoms with Gasteiger partial charge < -0.3 is 5.11 Å². The minimum absolute atomic E-state index is 0.0935. The lowest BCUT2D eigenvalue weighted by Crippen LogP contribution is -2.14. The summed E-state index contributed by atoms with van der Waals surface area (Å²) in [5, 5.41) is 9.32. The van der Waals surface area contributed by atoms with Crippen LogP contribution in [0.2, 0.25) is 0 Å². The fourth-order valence-corrected chi connectivity index (χ4v) is 0.973. The van der Waals surface area contributed by atoms with Crippen LogP contribution in [0.5, 0.6) is 0 Å². The molecule has 1 rings (SSSR count). The summed E-state index contributed by atoms with van der Waals surface area (Å²) in [7, 11) is 0. The molecule has 1 aromatic carbocycles. The molecule has 0 heterocycles. The topological polar surface area (TPSA) is 20.2 Å². The lowest BCUT2D eigenvalue weighted by atomic mass is 10.1. The zero-order chi connectivity index (χ0) is 11.6. The third kappa shape index (κ3) is 3.34. The molecule has 0 radical (unpaired) electrons. The first-order chi connectivity index (χ1) is 6.79. The van der Waals surface area contributed by atoms with E-state index in [0.717, 1.165) is 6.07 Å². The fourth-order valence-electron chi connectivity index (χ4n) is 0.973. The van der Waals surface area contributed by atoms with Crippen molar-refractivity contribution < 1.29 is 13.9 Å². The van der Waals surface area contributed by atoms with Crippen LogP contribution in [0.1, 0.15) is 25.0 Å².